The second kappa shape index (κ2) is 8.72. The SMILES string of the molecule is [2H]c1c([2H])c(-c2c3ccccc3c(-c3c([2H])c([2H])c4oc5c([2H])c([2H])c([2H])c([2H])c5c4c3[2H])c3ccccc23)c([2H])c([2H])c1-c1ccccc1. The smallest absolute Gasteiger partial charge is 0.135 e. The topological polar surface area (TPSA) is 13.1 Å². The lowest BCUT2D eigenvalue weighted by atomic mass is 9.85. The van der Waals surface area contributed by atoms with Crippen LogP contribution in [-0.4, -0.2) is 0 Å². The first kappa shape index (κ1) is 13.6. The van der Waals surface area contributed by atoms with Gasteiger partial charge in [0.1, 0.15) is 11.2 Å². The third-order valence-electron chi connectivity index (χ3n) is 7.00. The maximum absolute atomic E-state index is 9.48. The largest absolute Gasteiger partial charge is 0.456 e. The Hall–Kier alpha value is -5.14. The van der Waals surface area contributed by atoms with Crippen LogP contribution in [-0.2, 0) is 0 Å². The van der Waals surface area contributed by atoms with E-state index in [1.807, 2.05) is 6.07 Å². The molecule has 1 aromatic heterocycles. The fourth-order valence-electron chi connectivity index (χ4n) is 5.28. The molecular formula is C38H24O. The first-order valence-corrected chi connectivity index (χ1v) is 12.5. The zero-order valence-electron chi connectivity index (χ0n) is 31.4. The lowest BCUT2D eigenvalue weighted by Gasteiger charge is -2.18. The maximum atomic E-state index is 9.48. The van der Waals surface area contributed by atoms with Gasteiger partial charge < -0.3 is 4.42 Å². The van der Waals surface area contributed by atoms with Crippen molar-refractivity contribution in [3.63, 3.8) is 0 Å². The van der Waals surface area contributed by atoms with Crippen molar-refractivity contribution in [3.8, 4) is 33.4 Å². The first-order valence-electron chi connectivity index (χ1n) is 18.0. The number of para-hydroxylation sites is 1. The fourth-order valence-corrected chi connectivity index (χ4v) is 5.28. The minimum Gasteiger partial charge on any atom is -0.456 e. The molecule has 0 saturated carbocycles. The third kappa shape index (κ3) is 3.48. The zero-order chi connectivity index (χ0) is 35.3. The minimum atomic E-state index is -0.510. The van der Waals surface area contributed by atoms with Crippen molar-refractivity contribution in [1.82, 2.24) is 0 Å². The predicted octanol–water partition coefficient (Wildman–Crippen LogP) is 10.9. The number of hydrogen-bond donors (Lipinski definition) is 0. The highest BCUT2D eigenvalue weighted by molar-refractivity contribution is 6.22. The molecule has 0 aliphatic heterocycles. The Balaban J connectivity index is 1.54. The van der Waals surface area contributed by atoms with Gasteiger partial charge in [-0.25, -0.2) is 0 Å². The van der Waals surface area contributed by atoms with Crippen molar-refractivity contribution in [2.24, 2.45) is 0 Å². The summed E-state index contributed by atoms with van der Waals surface area (Å²) in [4.78, 5) is 0. The summed E-state index contributed by atoms with van der Waals surface area (Å²) < 4.78 is 103. The molecule has 0 spiro atoms. The zero-order valence-corrected chi connectivity index (χ0v) is 20.4. The molecule has 0 unspecified atom stereocenters. The Bertz CT molecular complexity index is 2680. The molecule has 0 amide bonds. The highest BCUT2D eigenvalue weighted by Gasteiger charge is 2.17. The van der Waals surface area contributed by atoms with E-state index in [1.54, 1.807) is 72.8 Å². The average molecular weight is 508 g/mol. The van der Waals surface area contributed by atoms with Gasteiger partial charge in [0.2, 0.25) is 0 Å². The van der Waals surface area contributed by atoms with Gasteiger partial charge in [-0.05, 0) is 73.1 Å². The molecule has 0 aliphatic carbocycles. The molecule has 8 rings (SSSR count). The second-order valence-corrected chi connectivity index (χ2v) is 9.22. The molecule has 1 nitrogen and oxygen atoms in total. The van der Waals surface area contributed by atoms with E-state index < -0.39 is 24.2 Å². The molecule has 7 aromatic carbocycles. The van der Waals surface area contributed by atoms with Crippen LogP contribution in [0.1, 0.15) is 15.1 Å². The number of hydrogen-bond acceptors (Lipinski definition) is 1. The van der Waals surface area contributed by atoms with E-state index in [4.69, 9.17) is 14.0 Å². The Labute approximate surface area is 242 Å². The van der Waals surface area contributed by atoms with E-state index in [1.165, 1.54) is 0 Å². The van der Waals surface area contributed by atoms with E-state index in [2.05, 4.69) is 0 Å². The van der Waals surface area contributed by atoms with Crippen LogP contribution in [0.5, 0.6) is 0 Å². The molecule has 0 bridgehead atoms. The molecular weight excluding hydrogens is 472 g/mol. The summed E-state index contributed by atoms with van der Waals surface area (Å²) in [7, 11) is 0. The van der Waals surface area contributed by atoms with Gasteiger partial charge in [0.15, 0.2) is 0 Å². The van der Waals surface area contributed by atoms with E-state index in [9.17, 15) is 5.48 Å². The van der Waals surface area contributed by atoms with Crippen LogP contribution in [0.2, 0.25) is 0 Å². The van der Waals surface area contributed by atoms with Crippen LogP contribution < -0.4 is 0 Å². The lowest BCUT2D eigenvalue weighted by molar-refractivity contribution is 0.669. The van der Waals surface area contributed by atoms with Crippen molar-refractivity contribution in [3.05, 3.63) is 145 Å². The van der Waals surface area contributed by atoms with Crippen LogP contribution in [0.25, 0.3) is 76.9 Å². The van der Waals surface area contributed by atoms with Crippen molar-refractivity contribution >= 4 is 43.5 Å². The normalized spacial score (nSPS) is 15.5. The summed E-state index contributed by atoms with van der Waals surface area (Å²) in [5.74, 6) is 0. The van der Waals surface area contributed by atoms with Gasteiger partial charge in [0, 0.05) is 10.8 Å². The molecule has 0 fully saturated rings. The molecule has 8 aromatic rings. The Morgan fingerprint density at radius 3 is 1.56 bits per heavy atom. The summed E-state index contributed by atoms with van der Waals surface area (Å²) in [6, 6.07) is 19.4. The van der Waals surface area contributed by atoms with Crippen LogP contribution in [0.15, 0.2) is 150 Å². The van der Waals surface area contributed by atoms with Crippen LogP contribution >= 0.6 is 0 Å². The molecule has 0 aliphatic rings. The quantitative estimate of drug-likeness (QED) is 0.217. The van der Waals surface area contributed by atoms with Gasteiger partial charge in [-0.3, -0.25) is 0 Å². The molecule has 0 atom stereocenters. The van der Waals surface area contributed by atoms with E-state index in [0.29, 0.717) is 38.2 Å². The third-order valence-corrected chi connectivity index (χ3v) is 7.00. The molecule has 182 valence electrons. The fraction of sp³-hybridized carbons (Fsp3) is 0. The number of rotatable bonds is 3. The summed E-state index contributed by atoms with van der Waals surface area (Å²) in [5, 5.41) is 2.09. The Kier molecular flexibility index (Phi) is 3.04. The molecule has 39 heavy (non-hydrogen) atoms. The van der Waals surface area contributed by atoms with Gasteiger partial charge in [0.05, 0.1) is 15.1 Å². The highest BCUT2D eigenvalue weighted by Crippen LogP contribution is 2.44. The van der Waals surface area contributed by atoms with E-state index in [0.717, 1.165) is 0 Å². The lowest BCUT2D eigenvalue weighted by Crippen LogP contribution is -1.91. The number of benzene rings is 7. The van der Waals surface area contributed by atoms with Crippen molar-refractivity contribution in [2.45, 2.75) is 0 Å². The molecule has 0 saturated heterocycles. The van der Waals surface area contributed by atoms with Crippen molar-refractivity contribution in [1.29, 1.82) is 0 Å². The van der Waals surface area contributed by atoms with Gasteiger partial charge in [-0.1, -0.05) is 127 Å². The van der Waals surface area contributed by atoms with Crippen LogP contribution in [0.4, 0.5) is 0 Å². The van der Waals surface area contributed by atoms with Gasteiger partial charge in [0.25, 0.3) is 0 Å². The average Bonchev–Trinajstić information content (AvgIpc) is 3.54. The summed E-state index contributed by atoms with van der Waals surface area (Å²) in [5.41, 5.74) is 1.38. The van der Waals surface area contributed by atoms with Gasteiger partial charge >= 0.3 is 0 Å². The van der Waals surface area contributed by atoms with E-state index >= 15 is 0 Å². The first-order chi connectivity index (χ1) is 24.0. The number of fused-ring (bicyclic) bond motifs is 5. The molecule has 1 heteroatoms. The van der Waals surface area contributed by atoms with Crippen LogP contribution in [0.3, 0.4) is 0 Å². The Morgan fingerprint density at radius 1 is 0.385 bits per heavy atom. The minimum absolute atomic E-state index is 0.00340. The second-order valence-electron chi connectivity index (χ2n) is 9.22. The van der Waals surface area contributed by atoms with Crippen LogP contribution in [0, 0.1) is 0 Å². The Morgan fingerprint density at radius 2 is 0.897 bits per heavy atom. The van der Waals surface area contributed by atoms with Gasteiger partial charge in [-0.2, -0.15) is 0 Å². The molecule has 0 radical (unpaired) electrons. The van der Waals surface area contributed by atoms with Gasteiger partial charge in [-0.15, -0.1) is 0 Å². The molecule has 1 heterocycles. The predicted molar refractivity (Wildman–Crippen MR) is 165 cm³/mol. The summed E-state index contributed by atoms with van der Waals surface area (Å²) in [6.45, 7) is 0. The van der Waals surface area contributed by atoms with E-state index in [-0.39, 0.29) is 80.9 Å². The summed E-state index contributed by atoms with van der Waals surface area (Å²) in [6.07, 6.45) is 0. The maximum Gasteiger partial charge on any atom is 0.135 e. The van der Waals surface area contributed by atoms with Crippen molar-refractivity contribution < 1.29 is 19.5 Å². The van der Waals surface area contributed by atoms with Crippen molar-refractivity contribution in [2.75, 3.05) is 0 Å². The summed E-state index contributed by atoms with van der Waals surface area (Å²) >= 11 is 0. The monoisotopic (exact) mass is 507 g/mol. The molecule has 0 N–H and O–H groups in total. The highest BCUT2D eigenvalue weighted by atomic mass is 16.3. The number of furan rings is 1. The standard InChI is InChI=1S/C38H24O/c1-2-10-25(11-3-1)26-18-20-27(21-19-26)37-30-13-4-6-15-32(30)38(33-16-7-5-14-31(33)37)28-22-23-36-34(24-28)29-12-8-9-17-35(29)39-36/h1-24H/i8D,9D,12D,17D,18D,19D,20D,21D,22D,23D,24D.